The topological polar surface area (TPSA) is 52.6 Å². The highest BCUT2D eigenvalue weighted by Gasteiger charge is 2.44. The molecule has 4 heteroatoms. The maximum atomic E-state index is 12.0. The first-order chi connectivity index (χ1) is 10.5. The third-order valence-corrected chi connectivity index (χ3v) is 4.73. The average Bonchev–Trinajstić information content (AvgIpc) is 2.80. The maximum Gasteiger partial charge on any atom is 0.146 e. The third-order valence-electron chi connectivity index (χ3n) is 4.73. The molecule has 0 amide bonds. The summed E-state index contributed by atoms with van der Waals surface area (Å²) < 4.78 is 10.9. The van der Waals surface area contributed by atoms with Crippen LogP contribution < -0.4 is 9.47 Å². The largest absolute Gasteiger partial charge is 0.497 e. The van der Waals surface area contributed by atoms with Gasteiger partial charge in [0.15, 0.2) is 0 Å². The van der Waals surface area contributed by atoms with E-state index in [9.17, 15) is 9.59 Å². The Bertz CT molecular complexity index is 641. The van der Waals surface area contributed by atoms with Crippen molar-refractivity contribution in [3.05, 3.63) is 29.8 Å². The maximum absolute atomic E-state index is 12.0. The van der Waals surface area contributed by atoms with Crippen molar-refractivity contribution in [2.24, 2.45) is 5.41 Å². The number of Topliss-reactive ketones (excluding diaryl/α,β-unsaturated/α-hetero) is 2. The first-order valence-corrected chi connectivity index (χ1v) is 7.61. The van der Waals surface area contributed by atoms with Gasteiger partial charge in [-0.05, 0) is 31.1 Å². The second kappa shape index (κ2) is 5.59. The number of rotatable bonds is 3. The zero-order valence-electron chi connectivity index (χ0n) is 13.0. The Balaban J connectivity index is 1.88. The monoisotopic (exact) mass is 300 g/mol. The number of benzene rings is 1. The molecule has 0 saturated heterocycles. The zero-order chi connectivity index (χ0) is 15.7. The quantitative estimate of drug-likeness (QED) is 0.804. The summed E-state index contributed by atoms with van der Waals surface area (Å²) in [6, 6.07) is 5.74. The molecule has 1 aliphatic carbocycles. The van der Waals surface area contributed by atoms with E-state index in [0.717, 1.165) is 29.1 Å². The predicted molar refractivity (Wildman–Crippen MR) is 83.1 cm³/mol. The first kappa shape index (κ1) is 14.8. The number of hydrogen-bond acceptors (Lipinski definition) is 4. The minimum atomic E-state index is -0.835. The molecule has 0 spiro atoms. The molecule has 1 aliphatic heterocycles. The SMILES string of the molecule is COc1ccc2c(c1)OCCC2=CCC1(C)C(=O)CCC1=O. The number of carbonyl (C=O) groups is 2. The second-order valence-electron chi connectivity index (χ2n) is 6.07. The molecule has 2 aliphatic rings. The van der Waals surface area contributed by atoms with E-state index in [-0.39, 0.29) is 11.6 Å². The van der Waals surface area contributed by atoms with E-state index >= 15 is 0 Å². The molecular weight excluding hydrogens is 280 g/mol. The molecule has 0 unspecified atom stereocenters. The molecule has 22 heavy (non-hydrogen) atoms. The summed E-state index contributed by atoms with van der Waals surface area (Å²) >= 11 is 0. The zero-order valence-corrected chi connectivity index (χ0v) is 13.0. The summed E-state index contributed by atoms with van der Waals surface area (Å²) in [6.45, 7) is 2.38. The van der Waals surface area contributed by atoms with Crippen LogP contribution in [0.4, 0.5) is 0 Å². The summed E-state index contributed by atoms with van der Waals surface area (Å²) in [5.41, 5.74) is 1.32. The predicted octanol–water partition coefficient (Wildman–Crippen LogP) is 3.19. The summed E-state index contributed by atoms with van der Waals surface area (Å²) in [6.07, 6.45) is 4.07. The third kappa shape index (κ3) is 2.43. The Labute approximate surface area is 130 Å². The van der Waals surface area contributed by atoms with Crippen molar-refractivity contribution in [2.75, 3.05) is 13.7 Å². The Morgan fingerprint density at radius 3 is 2.64 bits per heavy atom. The van der Waals surface area contributed by atoms with Crippen LogP contribution in [0.2, 0.25) is 0 Å². The second-order valence-corrected chi connectivity index (χ2v) is 6.07. The van der Waals surface area contributed by atoms with Gasteiger partial charge in [0.2, 0.25) is 0 Å². The van der Waals surface area contributed by atoms with Gasteiger partial charge < -0.3 is 9.47 Å². The van der Waals surface area contributed by atoms with E-state index in [4.69, 9.17) is 9.47 Å². The number of carbonyl (C=O) groups excluding carboxylic acids is 2. The molecule has 0 aromatic heterocycles. The van der Waals surface area contributed by atoms with E-state index in [1.165, 1.54) is 0 Å². The van der Waals surface area contributed by atoms with Crippen molar-refractivity contribution in [1.29, 1.82) is 0 Å². The molecule has 3 rings (SSSR count). The first-order valence-electron chi connectivity index (χ1n) is 7.61. The van der Waals surface area contributed by atoms with Crippen molar-refractivity contribution >= 4 is 17.1 Å². The van der Waals surface area contributed by atoms with E-state index in [1.807, 2.05) is 24.3 Å². The van der Waals surface area contributed by atoms with Crippen molar-refractivity contribution in [1.82, 2.24) is 0 Å². The van der Waals surface area contributed by atoms with Crippen LogP contribution in [0.3, 0.4) is 0 Å². The van der Waals surface area contributed by atoms with E-state index in [2.05, 4.69) is 0 Å². The van der Waals surface area contributed by atoms with Crippen molar-refractivity contribution < 1.29 is 19.1 Å². The van der Waals surface area contributed by atoms with E-state index in [1.54, 1.807) is 14.0 Å². The molecular formula is C18H20O4. The van der Waals surface area contributed by atoms with Gasteiger partial charge in [-0.2, -0.15) is 0 Å². The number of methoxy groups -OCH3 is 1. The van der Waals surface area contributed by atoms with Crippen LogP contribution in [0, 0.1) is 5.41 Å². The molecule has 0 bridgehead atoms. The minimum Gasteiger partial charge on any atom is -0.497 e. The minimum absolute atomic E-state index is 0.0661. The lowest BCUT2D eigenvalue weighted by Crippen LogP contribution is -2.28. The van der Waals surface area contributed by atoms with Gasteiger partial charge in [0, 0.05) is 30.9 Å². The number of allylic oxidation sites excluding steroid dienone is 1. The Morgan fingerprint density at radius 1 is 1.23 bits per heavy atom. The molecule has 0 radical (unpaired) electrons. The van der Waals surface area contributed by atoms with Crippen LogP contribution >= 0.6 is 0 Å². The number of fused-ring (bicyclic) bond motifs is 1. The molecule has 0 N–H and O–H groups in total. The van der Waals surface area contributed by atoms with Gasteiger partial charge in [-0.15, -0.1) is 0 Å². The summed E-state index contributed by atoms with van der Waals surface area (Å²) in [5.74, 6) is 1.69. The number of ether oxygens (including phenoxy) is 2. The molecule has 1 fully saturated rings. The summed E-state index contributed by atoms with van der Waals surface area (Å²) in [5, 5.41) is 0. The Kier molecular flexibility index (Phi) is 3.77. The molecule has 1 aromatic rings. The van der Waals surface area contributed by atoms with Gasteiger partial charge in [0.1, 0.15) is 23.1 Å². The van der Waals surface area contributed by atoms with Crippen LogP contribution in [-0.2, 0) is 9.59 Å². The van der Waals surface area contributed by atoms with E-state index < -0.39 is 5.41 Å². The highest BCUT2D eigenvalue weighted by molar-refractivity contribution is 6.12. The average molecular weight is 300 g/mol. The van der Waals surface area contributed by atoms with Crippen LogP contribution in [0.15, 0.2) is 24.3 Å². The van der Waals surface area contributed by atoms with Gasteiger partial charge >= 0.3 is 0 Å². The molecule has 1 heterocycles. The van der Waals surface area contributed by atoms with Crippen molar-refractivity contribution in [3.63, 3.8) is 0 Å². The normalized spacial score (nSPS) is 21.6. The lowest BCUT2D eigenvalue weighted by Gasteiger charge is -2.23. The molecule has 1 aromatic carbocycles. The smallest absolute Gasteiger partial charge is 0.146 e. The van der Waals surface area contributed by atoms with Crippen LogP contribution in [0.1, 0.15) is 38.2 Å². The highest BCUT2D eigenvalue weighted by atomic mass is 16.5. The summed E-state index contributed by atoms with van der Waals surface area (Å²) in [4.78, 5) is 24.0. The van der Waals surface area contributed by atoms with Crippen molar-refractivity contribution in [3.8, 4) is 11.5 Å². The fourth-order valence-electron chi connectivity index (χ4n) is 3.12. The Morgan fingerprint density at radius 2 is 1.95 bits per heavy atom. The molecule has 0 atom stereocenters. The van der Waals surface area contributed by atoms with Gasteiger partial charge in [-0.25, -0.2) is 0 Å². The van der Waals surface area contributed by atoms with Gasteiger partial charge in [-0.3, -0.25) is 9.59 Å². The lowest BCUT2D eigenvalue weighted by molar-refractivity contribution is -0.133. The number of ketones is 2. The fraction of sp³-hybridized carbons (Fsp3) is 0.444. The van der Waals surface area contributed by atoms with Gasteiger partial charge in [0.25, 0.3) is 0 Å². The molecule has 4 nitrogen and oxygen atoms in total. The molecule has 116 valence electrons. The number of hydrogen-bond donors (Lipinski definition) is 0. The van der Waals surface area contributed by atoms with E-state index in [0.29, 0.717) is 25.9 Å². The standard InChI is InChI=1S/C18H20O4/c1-18(16(19)5-6-17(18)20)9-7-12-8-10-22-15-11-13(21-2)3-4-14(12)15/h3-4,7,11H,5-6,8-10H2,1-2H3. The summed E-state index contributed by atoms with van der Waals surface area (Å²) in [7, 11) is 1.62. The van der Waals surface area contributed by atoms with Crippen molar-refractivity contribution in [2.45, 2.75) is 32.6 Å². The lowest BCUT2D eigenvalue weighted by atomic mass is 9.81. The Hall–Kier alpha value is -2.10. The highest BCUT2D eigenvalue weighted by Crippen LogP contribution is 2.39. The van der Waals surface area contributed by atoms with Gasteiger partial charge in [-0.1, -0.05) is 6.08 Å². The van der Waals surface area contributed by atoms with Crippen LogP contribution in [-0.4, -0.2) is 25.3 Å². The van der Waals surface area contributed by atoms with Crippen LogP contribution in [0.25, 0.3) is 5.57 Å². The fourth-order valence-corrected chi connectivity index (χ4v) is 3.12. The van der Waals surface area contributed by atoms with Gasteiger partial charge in [0.05, 0.1) is 19.1 Å². The molecule has 1 saturated carbocycles. The van der Waals surface area contributed by atoms with Crippen LogP contribution in [0.5, 0.6) is 11.5 Å².